The molecular weight excluding hydrogens is 324 g/mol. The van der Waals surface area contributed by atoms with E-state index in [-0.39, 0.29) is 12.1 Å². The van der Waals surface area contributed by atoms with Crippen molar-refractivity contribution in [2.75, 3.05) is 31.5 Å². The van der Waals surface area contributed by atoms with Gasteiger partial charge in [-0.05, 0) is 37.1 Å². The molecular formula is C17H20N4O4. The van der Waals surface area contributed by atoms with Crippen molar-refractivity contribution in [3.05, 3.63) is 39.7 Å². The largest absolute Gasteiger partial charge is 0.423 e. The summed E-state index contributed by atoms with van der Waals surface area (Å²) in [7, 11) is 0. The van der Waals surface area contributed by atoms with Gasteiger partial charge in [-0.25, -0.2) is 14.4 Å². The maximum atomic E-state index is 12.1. The van der Waals surface area contributed by atoms with Crippen molar-refractivity contribution >= 4 is 28.7 Å². The first-order valence-electron chi connectivity index (χ1n) is 8.07. The summed E-state index contributed by atoms with van der Waals surface area (Å²) in [5.41, 5.74) is 2.31. The zero-order valence-electron chi connectivity index (χ0n) is 14.1. The van der Waals surface area contributed by atoms with E-state index in [1.165, 1.54) is 6.07 Å². The Balaban J connectivity index is 1.65. The van der Waals surface area contributed by atoms with Crippen LogP contribution in [0.5, 0.6) is 0 Å². The Morgan fingerprint density at radius 3 is 2.76 bits per heavy atom. The number of nitrogens with zero attached hydrogens (tertiary/aromatic N) is 1. The van der Waals surface area contributed by atoms with E-state index in [2.05, 4.69) is 16.0 Å². The number of carbonyl (C=O) groups is 2. The Labute approximate surface area is 144 Å². The number of hydrogen-bond acceptors (Lipinski definition) is 4. The SMILES string of the molecule is Cc1cc2oc(=O)cc(C)c2cc1NC(=O)NCCN1CCNC1=O. The number of hydrogen-bond donors (Lipinski definition) is 3. The molecule has 8 nitrogen and oxygen atoms in total. The van der Waals surface area contributed by atoms with Gasteiger partial charge in [0.1, 0.15) is 5.58 Å². The van der Waals surface area contributed by atoms with E-state index in [0.717, 1.165) is 16.5 Å². The van der Waals surface area contributed by atoms with Crippen LogP contribution in [-0.4, -0.2) is 43.1 Å². The molecule has 0 spiro atoms. The monoisotopic (exact) mass is 344 g/mol. The first-order chi connectivity index (χ1) is 11.9. The molecule has 1 aliphatic rings. The molecule has 0 aliphatic carbocycles. The molecule has 0 radical (unpaired) electrons. The number of carbonyl (C=O) groups excluding carboxylic acids is 2. The smallest absolute Gasteiger partial charge is 0.336 e. The first-order valence-corrected chi connectivity index (χ1v) is 8.07. The summed E-state index contributed by atoms with van der Waals surface area (Å²) in [4.78, 5) is 36.6. The second-order valence-corrected chi connectivity index (χ2v) is 6.01. The minimum atomic E-state index is -0.395. The second-order valence-electron chi connectivity index (χ2n) is 6.01. The summed E-state index contributed by atoms with van der Waals surface area (Å²) in [6.45, 7) is 5.75. The zero-order valence-corrected chi connectivity index (χ0v) is 14.1. The highest BCUT2D eigenvalue weighted by Gasteiger charge is 2.18. The van der Waals surface area contributed by atoms with E-state index in [9.17, 15) is 14.4 Å². The summed E-state index contributed by atoms with van der Waals surface area (Å²) >= 11 is 0. The maximum Gasteiger partial charge on any atom is 0.336 e. The standard InChI is InChI=1S/C17H20N4O4/c1-10-8-15(22)25-14-7-11(2)13(9-12(10)14)20-16(23)18-3-5-21-6-4-19-17(21)24/h7-9H,3-6H2,1-2H3,(H,19,24)(H2,18,20,23). The van der Waals surface area contributed by atoms with E-state index in [4.69, 9.17) is 4.42 Å². The average molecular weight is 344 g/mol. The van der Waals surface area contributed by atoms with Crippen LogP contribution >= 0.6 is 0 Å². The van der Waals surface area contributed by atoms with Crippen molar-refractivity contribution in [1.82, 2.24) is 15.5 Å². The summed E-state index contributed by atoms with van der Waals surface area (Å²) < 4.78 is 5.19. The second kappa shape index (κ2) is 6.84. The summed E-state index contributed by atoms with van der Waals surface area (Å²) in [6.07, 6.45) is 0. The fourth-order valence-electron chi connectivity index (χ4n) is 2.80. The van der Waals surface area contributed by atoms with Gasteiger partial charge in [-0.15, -0.1) is 0 Å². The van der Waals surface area contributed by atoms with Gasteiger partial charge < -0.3 is 25.3 Å². The quantitative estimate of drug-likeness (QED) is 0.732. The molecule has 132 valence electrons. The molecule has 0 saturated carbocycles. The topological polar surface area (TPSA) is 104 Å². The summed E-state index contributed by atoms with van der Waals surface area (Å²) in [6, 6.07) is 4.48. The minimum absolute atomic E-state index is 0.107. The minimum Gasteiger partial charge on any atom is -0.423 e. The molecule has 8 heteroatoms. The molecule has 2 heterocycles. The van der Waals surface area contributed by atoms with Crippen LogP contribution in [0.3, 0.4) is 0 Å². The lowest BCUT2D eigenvalue weighted by atomic mass is 10.1. The fraction of sp³-hybridized carbons (Fsp3) is 0.353. The molecule has 1 aliphatic heterocycles. The van der Waals surface area contributed by atoms with E-state index in [1.807, 2.05) is 13.8 Å². The van der Waals surface area contributed by atoms with Gasteiger partial charge in [-0.2, -0.15) is 0 Å². The average Bonchev–Trinajstić information content (AvgIpc) is 2.94. The highest BCUT2D eigenvalue weighted by molar-refractivity contribution is 5.94. The van der Waals surface area contributed by atoms with Gasteiger partial charge in [0.2, 0.25) is 0 Å². The summed E-state index contributed by atoms with van der Waals surface area (Å²) in [5, 5.41) is 9.01. The van der Waals surface area contributed by atoms with Gasteiger partial charge in [0.05, 0.1) is 0 Å². The predicted octanol–water partition coefficient (Wildman–Crippen LogP) is 1.56. The van der Waals surface area contributed by atoms with Gasteiger partial charge in [-0.1, -0.05) is 0 Å². The lowest BCUT2D eigenvalue weighted by molar-refractivity contribution is 0.216. The fourth-order valence-corrected chi connectivity index (χ4v) is 2.80. The Hall–Kier alpha value is -3.03. The number of benzene rings is 1. The van der Waals surface area contributed by atoms with Crippen LogP contribution in [0, 0.1) is 13.8 Å². The molecule has 1 aromatic carbocycles. The van der Waals surface area contributed by atoms with Crippen LogP contribution in [0.4, 0.5) is 15.3 Å². The van der Waals surface area contributed by atoms with Crippen LogP contribution in [0.1, 0.15) is 11.1 Å². The molecule has 2 aromatic rings. The van der Waals surface area contributed by atoms with Gasteiger partial charge in [0.15, 0.2) is 0 Å². The highest BCUT2D eigenvalue weighted by atomic mass is 16.4. The lowest BCUT2D eigenvalue weighted by Gasteiger charge is -2.15. The molecule has 25 heavy (non-hydrogen) atoms. The third kappa shape index (κ3) is 3.73. The van der Waals surface area contributed by atoms with E-state index in [0.29, 0.717) is 37.4 Å². The Bertz CT molecular complexity index is 890. The van der Waals surface area contributed by atoms with Crippen LogP contribution in [0.25, 0.3) is 11.0 Å². The number of anilines is 1. The Morgan fingerprint density at radius 1 is 1.24 bits per heavy atom. The van der Waals surface area contributed by atoms with E-state index >= 15 is 0 Å². The van der Waals surface area contributed by atoms with Gasteiger partial charge in [-0.3, -0.25) is 0 Å². The number of aryl methyl sites for hydroxylation is 2. The van der Waals surface area contributed by atoms with Crippen LogP contribution in [-0.2, 0) is 0 Å². The number of amides is 4. The third-order valence-corrected chi connectivity index (χ3v) is 4.16. The number of rotatable bonds is 4. The number of urea groups is 2. The molecule has 0 unspecified atom stereocenters. The molecule has 1 aromatic heterocycles. The van der Waals surface area contributed by atoms with Crippen LogP contribution in [0.2, 0.25) is 0 Å². The third-order valence-electron chi connectivity index (χ3n) is 4.16. The van der Waals surface area contributed by atoms with Crippen molar-refractivity contribution in [2.45, 2.75) is 13.8 Å². The van der Waals surface area contributed by atoms with Gasteiger partial charge >= 0.3 is 17.7 Å². The van der Waals surface area contributed by atoms with Crippen LogP contribution < -0.4 is 21.6 Å². The van der Waals surface area contributed by atoms with Crippen molar-refractivity contribution < 1.29 is 14.0 Å². The predicted molar refractivity (Wildman–Crippen MR) is 94.0 cm³/mol. The van der Waals surface area contributed by atoms with Gasteiger partial charge in [0, 0.05) is 43.3 Å². The van der Waals surface area contributed by atoms with Crippen molar-refractivity contribution in [2.24, 2.45) is 0 Å². The Kier molecular flexibility index (Phi) is 4.60. The molecule has 4 amide bonds. The molecule has 1 saturated heterocycles. The van der Waals surface area contributed by atoms with Crippen molar-refractivity contribution in [1.29, 1.82) is 0 Å². The van der Waals surface area contributed by atoms with Crippen molar-refractivity contribution in [3.63, 3.8) is 0 Å². The van der Waals surface area contributed by atoms with Crippen molar-refractivity contribution in [3.8, 4) is 0 Å². The van der Waals surface area contributed by atoms with E-state index < -0.39 is 5.63 Å². The molecule has 0 atom stereocenters. The first kappa shape index (κ1) is 16.8. The number of fused-ring (bicyclic) bond motifs is 1. The number of nitrogens with one attached hydrogen (secondary N) is 3. The molecule has 0 bridgehead atoms. The van der Waals surface area contributed by atoms with E-state index in [1.54, 1.807) is 17.0 Å². The zero-order chi connectivity index (χ0) is 18.0. The highest BCUT2D eigenvalue weighted by Crippen LogP contribution is 2.24. The summed E-state index contributed by atoms with van der Waals surface area (Å²) in [5.74, 6) is 0. The molecule has 3 N–H and O–H groups in total. The Morgan fingerprint density at radius 2 is 2.04 bits per heavy atom. The van der Waals surface area contributed by atoms with Gasteiger partial charge in [0.25, 0.3) is 0 Å². The van der Waals surface area contributed by atoms with Crippen LogP contribution in [0.15, 0.2) is 27.4 Å². The molecule has 1 fully saturated rings. The molecule has 3 rings (SSSR count). The maximum absolute atomic E-state index is 12.1. The lowest BCUT2D eigenvalue weighted by Crippen LogP contribution is -2.38. The normalized spacial score (nSPS) is 13.8.